The maximum absolute atomic E-state index is 12.3. The fraction of sp³-hybridized carbons (Fsp3) is 0.600. The number of hydrogen-bond acceptors (Lipinski definition) is 3. The van der Waals surface area contributed by atoms with E-state index in [2.05, 4.69) is 5.32 Å². The van der Waals surface area contributed by atoms with Gasteiger partial charge in [0.05, 0.1) is 10.8 Å². The van der Waals surface area contributed by atoms with Crippen molar-refractivity contribution in [2.24, 2.45) is 5.92 Å². The van der Waals surface area contributed by atoms with Crippen molar-refractivity contribution >= 4 is 23.2 Å². The molecule has 1 saturated carbocycles. The minimum Gasteiger partial charge on any atom is -0.481 e. The zero-order valence-corrected chi connectivity index (χ0v) is 12.8. The summed E-state index contributed by atoms with van der Waals surface area (Å²) in [7, 11) is 0. The number of nitrogens with one attached hydrogen (secondary N) is 1. The van der Waals surface area contributed by atoms with Gasteiger partial charge in [0.1, 0.15) is 0 Å². The summed E-state index contributed by atoms with van der Waals surface area (Å²) >= 11 is 1.47. The quantitative estimate of drug-likeness (QED) is 0.842. The smallest absolute Gasteiger partial charge is 0.308 e. The molecule has 20 heavy (non-hydrogen) atoms. The lowest BCUT2D eigenvalue weighted by atomic mass is 9.95. The molecule has 0 spiro atoms. The minimum absolute atomic E-state index is 0.135. The molecule has 4 nitrogen and oxygen atoms in total. The number of hydrogen-bond donors (Lipinski definition) is 2. The molecule has 1 amide bonds. The van der Waals surface area contributed by atoms with Crippen LogP contribution in [-0.2, 0) is 4.79 Å². The Bertz CT molecular complexity index is 490. The van der Waals surface area contributed by atoms with Crippen molar-refractivity contribution in [2.75, 3.05) is 0 Å². The van der Waals surface area contributed by atoms with E-state index in [1.165, 1.54) is 11.3 Å². The first kappa shape index (κ1) is 15.0. The molecule has 2 atom stereocenters. The normalized spacial score (nSPS) is 23.1. The van der Waals surface area contributed by atoms with E-state index in [1.54, 1.807) is 0 Å². The largest absolute Gasteiger partial charge is 0.481 e. The van der Waals surface area contributed by atoms with Crippen LogP contribution in [0.25, 0.3) is 0 Å². The molecule has 1 fully saturated rings. The van der Waals surface area contributed by atoms with Crippen molar-refractivity contribution in [3.05, 3.63) is 21.4 Å². The van der Waals surface area contributed by atoms with Gasteiger partial charge in [-0.1, -0.05) is 19.3 Å². The molecule has 0 bridgehead atoms. The highest BCUT2D eigenvalue weighted by Gasteiger charge is 2.31. The van der Waals surface area contributed by atoms with E-state index in [0.29, 0.717) is 11.3 Å². The minimum atomic E-state index is -0.796. The Balaban J connectivity index is 2.09. The molecule has 1 aliphatic carbocycles. The standard InChI is InChI=1S/C15H21NO3S/c1-9-8-13(20-10(9)2)14(17)16-12-7-5-3-4-6-11(12)15(18)19/h8,11-12H,3-7H2,1-2H3,(H,16,17)(H,18,19)/t11-,12+/m1/s1. The molecular formula is C15H21NO3S. The highest BCUT2D eigenvalue weighted by atomic mass is 32.1. The predicted octanol–water partition coefficient (Wildman–Crippen LogP) is 3.13. The number of aryl methyl sites for hydroxylation is 2. The Hall–Kier alpha value is -1.36. The molecule has 0 radical (unpaired) electrons. The van der Waals surface area contributed by atoms with Gasteiger partial charge in [-0.2, -0.15) is 0 Å². The molecule has 0 aromatic carbocycles. The Morgan fingerprint density at radius 1 is 1.25 bits per heavy atom. The summed E-state index contributed by atoms with van der Waals surface area (Å²) in [6.07, 6.45) is 4.37. The van der Waals surface area contributed by atoms with Crippen LogP contribution in [0.5, 0.6) is 0 Å². The molecule has 2 N–H and O–H groups in total. The second-order valence-electron chi connectivity index (χ2n) is 5.51. The first-order valence-corrected chi connectivity index (χ1v) is 7.91. The zero-order chi connectivity index (χ0) is 14.7. The predicted molar refractivity (Wildman–Crippen MR) is 79.3 cm³/mol. The van der Waals surface area contributed by atoms with Crippen LogP contribution in [0.4, 0.5) is 0 Å². The highest BCUT2D eigenvalue weighted by Crippen LogP contribution is 2.25. The summed E-state index contributed by atoms with van der Waals surface area (Å²) in [5.74, 6) is -1.39. The number of aliphatic carboxylic acids is 1. The van der Waals surface area contributed by atoms with Gasteiger partial charge in [0.15, 0.2) is 0 Å². The van der Waals surface area contributed by atoms with E-state index in [9.17, 15) is 14.7 Å². The Labute approximate surface area is 123 Å². The third kappa shape index (κ3) is 3.39. The second kappa shape index (κ2) is 6.39. The van der Waals surface area contributed by atoms with Crippen LogP contribution in [0.2, 0.25) is 0 Å². The zero-order valence-electron chi connectivity index (χ0n) is 11.9. The molecule has 1 aromatic heterocycles. The molecule has 0 aliphatic heterocycles. The number of carbonyl (C=O) groups is 2. The average molecular weight is 295 g/mol. The van der Waals surface area contributed by atoms with Crippen LogP contribution < -0.4 is 5.32 Å². The maximum Gasteiger partial charge on any atom is 0.308 e. The van der Waals surface area contributed by atoms with E-state index in [-0.39, 0.29) is 11.9 Å². The van der Waals surface area contributed by atoms with E-state index in [4.69, 9.17) is 0 Å². The van der Waals surface area contributed by atoms with Crippen LogP contribution >= 0.6 is 11.3 Å². The summed E-state index contributed by atoms with van der Waals surface area (Å²) in [6, 6.07) is 1.63. The monoisotopic (exact) mass is 295 g/mol. The third-order valence-corrected chi connectivity index (χ3v) is 5.19. The first-order chi connectivity index (χ1) is 9.49. The average Bonchev–Trinajstić information content (AvgIpc) is 2.62. The highest BCUT2D eigenvalue weighted by molar-refractivity contribution is 7.14. The number of carboxylic acid groups (broad SMARTS) is 1. The van der Waals surface area contributed by atoms with Crippen LogP contribution in [0.3, 0.4) is 0 Å². The van der Waals surface area contributed by atoms with Crippen LogP contribution in [-0.4, -0.2) is 23.0 Å². The topological polar surface area (TPSA) is 66.4 Å². The third-order valence-electron chi connectivity index (χ3n) is 4.04. The number of thiophene rings is 1. The fourth-order valence-corrected chi connectivity index (χ4v) is 3.64. The number of carbonyl (C=O) groups excluding carboxylic acids is 1. The molecule has 2 rings (SSSR count). The van der Waals surface area contributed by atoms with Crippen molar-refractivity contribution in [1.29, 1.82) is 0 Å². The molecule has 110 valence electrons. The summed E-state index contributed by atoms with van der Waals surface area (Å²) in [6.45, 7) is 3.97. The van der Waals surface area contributed by atoms with Gasteiger partial charge >= 0.3 is 5.97 Å². The summed E-state index contributed by atoms with van der Waals surface area (Å²) < 4.78 is 0. The van der Waals surface area contributed by atoms with Crippen molar-refractivity contribution in [2.45, 2.75) is 52.0 Å². The van der Waals surface area contributed by atoms with E-state index >= 15 is 0 Å². The van der Waals surface area contributed by atoms with Gasteiger partial charge in [0.25, 0.3) is 5.91 Å². The first-order valence-electron chi connectivity index (χ1n) is 7.09. The molecule has 1 aliphatic rings. The molecule has 0 saturated heterocycles. The van der Waals surface area contributed by atoms with Gasteiger partial charge in [-0.25, -0.2) is 0 Å². The van der Waals surface area contributed by atoms with Gasteiger partial charge in [-0.3, -0.25) is 9.59 Å². The Morgan fingerprint density at radius 3 is 2.55 bits per heavy atom. The lowest BCUT2D eigenvalue weighted by Gasteiger charge is -2.22. The van der Waals surface area contributed by atoms with Gasteiger partial charge in [0, 0.05) is 10.9 Å². The molecule has 5 heteroatoms. The Kier molecular flexibility index (Phi) is 4.81. The molecular weight excluding hydrogens is 274 g/mol. The summed E-state index contributed by atoms with van der Waals surface area (Å²) in [4.78, 5) is 25.4. The van der Waals surface area contributed by atoms with Crippen molar-refractivity contribution < 1.29 is 14.7 Å². The SMILES string of the molecule is Cc1cc(C(=O)N[C@H]2CCCCC[C@H]2C(=O)O)sc1C. The summed E-state index contributed by atoms with van der Waals surface area (Å²) in [5.41, 5.74) is 1.11. The van der Waals surface area contributed by atoms with Crippen molar-refractivity contribution in [1.82, 2.24) is 5.32 Å². The van der Waals surface area contributed by atoms with Crippen molar-refractivity contribution in [3.8, 4) is 0 Å². The van der Waals surface area contributed by atoms with Crippen molar-refractivity contribution in [3.63, 3.8) is 0 Å². The second-order valence-corrected chi connectivity index (χ2v) is 6.77. The fourth-order valence-electron chi connectivity index (χ4n) is 2.70. The van der Waals surface area contributed by atoms with Gasteiger partial charge < -0.3 is 10.4 Å². The van der Waals surface area contributed by atoms with Gasteiger partial charge in [-0.15, -0.1) is 11.3 Å². The van der Waals surface area contributed by atoms with Crippen LogP contribution in [0.15, 0.2) is 6.07 Å². The van der Waals surface area contributed by atoms with E-state index < -0.39 is 11.9 Å². The molecule has 1 aromatic rings. The number of rotatable bonds is 3. The van der Waals surface area contributed by atoms with E-state index in [0.717, 1.165) is 36.1 Å². The lowest BCUT2D eigenvalue weighted by molar-refractivity contribution is -0.142. The maximum atomic E-state index is 12.3. The van der Waals surface area contributed by atoms with Gasteiger partial charge in [0.2, 0.25) is 0 Å². The number of amides is 1. The summed E-state index contributed by atoms with van der Waals surface area (Å²) in [5, 5.41) is 12.3. The van der Waals surface area contributed by atoms with Gasteiger partial charge in [-0.05, 0) is 38.3 Å². The molecule has 0 unspecified atom stereocenters. The number of carboxylic acids is 1. The lowest BCUT2D eigenvalue weighted by Crippen LogP contribution is -2.42. The van der Waals surface area contributed by atoms with E-state index in [1.807, 2.05) is 19.9 Å². The van der Waals surface area contributed by atoms with Crippen LogP contribution in [0, 0.1) is 19.8 Å². The van der Waals surface area contributed by atoms with Crippen LogP contribution in [0.1, 0.15) is 52.2 Å². The molecule has 1 heterocycles. The Morgan fingerprint density at radius 2 is 1.95 bits per heavy atom.